The molecule has 6 heteroatoms. The Morgan fingerprint density at radius 1 is 1.08 bits per heavy atom. The molecule has 0 unspecified atom stereocenters. The number of guanidine groups is 1. The van der Waals surface area contributed by atoms with E-state index in [1.807, 2.05) is 6.92 Å². The van der Waals surface area contributed by atoms with E-state index >= 15 is 0 Å². The summed E-state index contributed by atoms with van der Waals surface area (Å²) < 4.78 is 5.32. The molecule has 0 heterocycles. The number of nitrogens with one attached hydrogen (secondary N) is 2. The van der Waals surface area contributed by atoms with Crippen LogP contribution in [0.5, 0.6) is 0 Å². The Hall–Kier alpha value is -1.02. The lowest BCUT2D eigenvalue weighted by molar-refractivity contribution is 0.145. The maximum atomic E-state index is 5.32. The Morgan fingerprint density at radius 2 is 1.75 bits per heavy atom. The molecule has 0 bridgehead atoms. The summed E-state index contributed by atoms with van der Waals surface area (Å²) in [5.41, 5.74) is 1.29. The van der Waals surface area contributed by atoms with E-state index in [4.69, 9.17) is 4.74 Å². The number of benzene rings is 1. The molecule has 1 rings (SSSR count). The van der Waals surface area contributed by atoms with Crippen LogP contribution in [-0.2, 0) is 4.74 Å². The molecule has 5 nitrogen and oxygen atoms in total. The summed E-state index contributed by atoms with van der Waals surface area (Å²) in [4.78, 5) is 6.63. The number of halogens is 1. The van der Waals surface area contributed by atoms with Crippen molar-refractivity contribution in [2.45, 2.75) is 26.7 Å². The van der Waals surface area contributed by atoms with Gasteiger partial charge in [0.2, 0.25) is 0 Å². The monoisotopic (exact) mass is 448 g/mol. The molecule has 1 aromatic carbocycles. The highest BCUT2D eigenvalue weighted by Crippen LogP contribution is 2.12. The first-order valence-electron chi connectivity index (χ1n) is 8.64. The van der Waals surface area contributed by atoms with Gasteiger partial charge >= 0.3 is 0 Å². The first-order chi connectivity index (χ1) is 11.3. The highest BCUT2D eigenvalue weighted by atomic mass is 127. The van der Waals surface area contributed by atoms with Gasteiger partial charge in [-0.2, -0.15) is 0 Å². The second-order valence-corrected chi connectivity index (χ2v) is 5.25. The summed E-state index contributed by atoms with van der Waals surface area (Å²) >= 11 is 0. The average Bonchev–Trinajstić information content (AvgIpc) is 2.60. The summed E-state index contributed by atoms with van der Waals surface area (Å²) in [6.45, 7) is 9.64. The van der Waals surface area contributed by atoms with Crippen molar-refractivity contribution in [3.8, 4) is 0 Å². The molecule has 0 aromatic heterocycles. The van der Waals surface area contributed by atoms with Gasteiger partial charge in [-0.25, -0.2) is 0 Å². The van der Waals surface area contributed by atoms with Crippen molar-refractivity contribution in [1.82, 2.24) is 10.6 Å². The minimum Gasteiger partial charge on any atom is -0.382 e. The lowest BCUT2D eigenvalue weighted by Gasteiger charge is -2.23. The molecule has 0 saturated heterocycles. The third-order valence-corrected chi connectivity index (χ3v) is 3.59. The van der Waals surface area contributed by atoms with Crippen LogP contribution < -0.4 is 15.5 Å². The summed E-state index contributed by atoms with van der Waals surface area (Å²) in [6.07, 6.45) is 2.06. The van der Waals surface area contributed by atoms with E-state index in [0.717, 1.165) is 58.2 Å². The number of rotatable bonds is 11. The van der Waals surface area contributed by atoms with E-state index in [2.05, 4.69) is 57.8 Å². The topological polar surface area (TPSA) is 48.9 Å². The van der Waals surface area contributed by atoms with Crippen LogP contribution in [0.25, 0.3) is 0 Å². The van der Waals surface area contributed by atoms with Crippen LogP contribution in [0.3, 0.4) is 0 Å². The standard InChI is InChI=1S/C18H32N4O.HI/c1-4-22(17-11-7-6-8-12-17)15-9-13-20-18(19-3)21-14-10-16-23-5-2;/h6-8,11-12H,4-5,9-10,13-16H2,1-3H3,(H2,19,20,21);1H. The van der Waals surface area contributed by atoms with Crippen molar-refractivity contribution in [1.29, 1.82) is 0 Å². The van der Waals surface area contributed by atoms with Gasteiger partial charge in [-0.1, -0.05) is 18.2 Å². The minimum atomic E-state index is 0. The van der Waals surface area contributed by atoms with Crippen LogP contribution in [0.2, 0.25) is 0 Å². The Labute approximate surface area is 164 Å². The average molecular weight is 448 g/mol. The summed E-state index contributed by atoms with van der Waals surface area (Å²) in [6, 6.07) is 10.6. The third-order valence-electron chi connectivity index (χ3n) is 3.59. The van der Waals surface area contributed by atoms with Gasteiger partial charge in [0.25, 0.3) is 0 Å². The fourth-order valence-corrected chi connectivity index (χ4v) is 2.33. The second kappa shape index (κ2) is 15.5. The Kier molecular flexibility index (Phi) is 14.8. The van der Waals surface area contributed by atoms with Gasteiger partial charge in [-0.15, -0.1) is 24.0 Å². The zero-order chi connectivity index (χ0) is 16.8. The number of aliphatic imine (C=N–C) groups is 1. The molecule has 24 heavy (non-hydrogen) atoms. The van der Waals surface area contributed by atoms with Gasteiger partial charge in [-0.05, 0) is 38.8 Å². The smallest absolute Gasteiger partial charge is 0.190 e. The van der Waals surface area contributed by atoms with E-state index in [-0.39, 0.29) is 24.0 Å². The lowest BCUT2D eigenvalue weighted by atomic mass is 10.2. The number of nitrogens with zero attached hydrogens (tertiary/aromatic N) is 2. The van der Waals surface area contributed by atoms with E-state index in [1.54, 1.807) is 7.05 Å². The fourth-order valence-electron chi connectivity index (χ4n) is 2.33. The van der Waals surface area contributed by atoms with E-state index < -0.39 is 0 Å². The van der Waals surface area contributed by atoms with Crippen LogP contribution in [0.1, 0.15) is 26.7 Å². The molecule has 0 saturated carbocycles. The predicted molar refractivity (Wildman–Crippen MR) is 115 cm³/mol. The maximum Gasteiger partial charge on any atom is 0.190 e. The molecule has 0 fully saturated rings. The number of ether oxygens (including phenoxy) is 1. The molecular weight excluding hydrogens is 415 g/mol. The minimum absolute atomic E-state index is 0. The van der Waals surface area contributed by atoms with Gasteiger partial charge in [0.15, 0.2) is 5.96 Å². The van der Waals surface area contributed by atoms with Gasteiger partial charge in [0.1, 0.15) is 0 Å². The van der Waals surface area contributed by atoms with Gasteiger partial charge in [-0.3, -0.25) is 4.99 Å². The van der Waals surface area contributed by atoms with Crippen LogP contribution >= 0.6 is 24.0 Å². The number of para-hydroxylation sites is 1. The number of hydrogen-bond acceptors (Lipinski definition) is 3. The van der Waals surface area contributed by atoms with Crippen LogP contribution in [0, 0.1) is 0 Å². The summed E-state index contributed by atoms with van der Waals surface area (Å²) in [7, 11) is 1.81. The molecule has 1 aromatic rings. The van der Waals surface area contributed by atoms with Crippen LogP contribution in [-0.4, -0.2) is 52.4 Å². The molecule has 0 radical (unpaired) electrons. The van der Waals surface area contributed by atoms with Crippen molar-refractivity contribution >= 4 is 35.6 Å². The van der Waals surface area contributed by atoms with Crippen molar-refractivity contribution in [3.63, 3.8) is 0 Å². The van der Waals surface area contributed by atoms with E-state index in [9.17, 15) is 0 Å². The Bertz CT molecular complexity index is 428. The molecular formula is C18H33IN4O. The molecule has 0 atom stereocenters. The molecule has 0 aliphatic heterocycles. The molecule has 0 aliphatic carbocycles. The highest BCUT2D eigenvalue weighted by molar-refractivity contribution is 14.0. The van der Waals surface area contributed by atoms with Crippen molar-refractivity contribution < 1.29 is 4.74 Å². The zero-order valence-corrected chi connectivity index (χ0v) is 17.6. The zero-order valence-electron chi connectivity index (χ0n) is 15.3. The van der Waals surface area contributed by atoms with Crippen molar-refractivity contribution in [3.05, 3.63) is 30.3 Å². The van der Waals surface area contributed by atoms with E-state index in [0.29, 0.717) is 0 Å². The Balaban J connectivity index is 0.00000529. The lowest BCUT2D eigenvalue weighted by Crippen LogP contribution is -2.39. The summed E-state index contributed by atoms with van der Waals surface area (Å²) in [5, 5.41) is 6.67. The van der Waals surface area contributed by atoms with Gasteiger partial charge < -0.3 is 20.3 Å². The quantitative estimate of drug-likeness (QED) is 0.237. The first kappa shape index (κ1) is 23.0. The largest absolute Gasteiger partial charge is 0.382 e. The SMILES string of the molecule is CCOCCCNC(=NC)NCCCN(CC)c1ccccc1.I. The maximum absolute atomic E-state index is 5.32. The van der Waals surface area contributed by atoms with Gasteiger partial charge in [0, 0.05) is 52.1 Å². The molecule has 138 valence electrons. The normalized spacial score (nSPS) is 10.9. The molecule has 0 aliphatic rings. The van der Waals surface area contributed by atoms with Crippen LogP contribution in [0.15, 0.2) is 35.3 Å². The number of anilines is 1. The molecule has 0 spiro atoms. The van der Waals surface area contributed by atoms with Gasteiger partial charge in [0.05, 0.1) is 0 Å². The second-order valence-electron chi connectivity index (χ2n) is 5.25. The fraction of sp³-hybridized carbons (Fsp3) is 0.611. The third kappa shape index (κ3) is 9.97. The van der Waals surface area contributed by atoms with Crippen molar-refractivity contribution in [2.75, 3.05) is 51.3 Å². The van der Waals surface area contributed by atoms with Crippen molar-refractivity contribution in [2.24, 2.45) is 4.99 Å². The first-order valence-corrected chi connectivity index (χ1v) is 8.64. The Morgan fingerprint density at radius 3 is 2.33 bits per heavy atom. The number of hydrogen-bond donors (Lipinski definition) is 2. The molecule has 0 amide bonds. The predicted octanol–water partition coefficient (Wildman–Crippen LogP) is 3.11. The van der Waals surface area contributed by atoms with E-state index in [1.165, 1.54) is 5.69 Å². The van der Waals surface area contributed by atoms with Crippen LogP contribution in [0.4, 0.5) is 5.69 Å². The highest BCUT2D eigenvalue weighted by Gasteiger charge is 2.03. The molecule has 2 N–H and O–H groups in total. The summed E-state index contributed by atoms with van der Waals surface area (Å²) in [5.74, 6) is 0.865.